The van der Waals surface area contributed by atoms with E-state index in [9.17, 15) is 4.79 Å². The zero-order chi connectivity index (χ0) is 19.0. The fourth-order valence-electron chi connectivity index (χ4n) is 2.86. The second-order valence-corrected chi connectivity index (χ2v) is 6.17. The van der Waals surface area contributed by atoms with E-state index in [1.165, 1.54) is 12.5 Å². The zero-order valence-electron chi connectivity index (χ0n) is 14.6. The van der Waals surface area contributed by atoms with Crippen LogP contribution in [0.25, 0.3) is 21.9 Å². The molecule has 27 heavy (non-hydrogen) atoms. The van der Waals surface area contributed by atoms with E-state index in [1.54, 1.807) is 32.4 Å². The third kappa shape index (κ3) is 2.92. The third-order valence-electron chi connectivity index (χ3n) is 4.22. The quantitative estimate of drug-likeness (QED) is 0.548. The lowest BCUT2D eigenvalue weighted by Crippen LogP contribution is -2.17. The van der Waals surface area contributed by atoms with Crippen molar-refractivity contribution in [3.63, 3.8) is 0 Å². The Morgan fingerprint density at radius 1 is 1.19 bits per heavy atom. The highest BCUT2D eigenvalue weighted by molar-refractivity contribution is 6.33. The van der Waals surface area contributed by atoms with Gasteiger partial charge in [0.05, 0.1) is 26.0 Å². The Hall–Kier alpha value is -3.32. The van der Waals surface area contributed by atoms with Gasteiger partial charge in [0.15, 0.2) is 11.5 Å². The number of hydrogen-bond donors (Lipinski definition) is 1. The summed E-state index contributed by atoms with van der Waals surface area (Å²) >= 11 is 6.11. The molecular formula is C19H15ClN4O3. The number of nitrogens with zero attached hydrogens (tertiary/aromatic N) is 3. The fourth-order valence-corrected chi connectivity index (χ4v) is 3.05. The molecule has 4 rings (SSSR count). The molecule has 0 aliphatic carbocycles. The summed E-state index contributed by atoms with van der Waals surface area (Å²) < 4.78 is 11.8. The first-order chi connectivity index (χ1) is 13.1. The predicted molar refractivity (Wildman–Crippen MR) is 105 cm³/mol. The van der Waals surface area contributed by atoms with Crippen LogP contribution >= 0.6 is 11.6 Å². The number of halogens is 1. The molecule has 8 heteroatoms. The lowest BCUT2D eigenvalue weighted by Gasteiger charge is -2.06. The van der Waals surface area contributed by atoms with Crippen molar-refractivity contribution >= 4 is 39.8 Å². The Labute approximate surface area is 158 Å². The van der Waals surface area contributed by atoms with Crippen molar-refractivity contribution < 1.29 is 9.47 Å². The highest BCUT2D eigenvalue weighted by Crippen LogP contribution is 2.34. The van der Waals surface area contributed by atoms with Gasteiger partial charge in [0.25, 0.3) is 5.56 Å². The van der Waals surface area contributed by atoms with Crippen molar-refractivity contribution in [1.29, 1.82) is 0 Å². The maximum atomic E-state index is 12.8. The molecule has 0 bridgehead atoms. The summed E-state index contributed by atoms with van der Waals surface area (Å²) in [5.41, 5.74) is 1.99. The molecule has 0 radical (unpaired) electrons. The smallest absolute Gasteiger partial charge is 0.298 e. The van der Waals surface area contributed by atoms with E-state index in [1.807, 2.05) is 18.2 Å². The van der Waals surface area contributed by atoms with Crippen molar-refractivity contribution in [2.75, 3.05) is 14.2 Å². The number of aromatic amines is 1. The van der Waals surface area contributed by atoms with Crippen LogP contribution in [-0.2, 0) is 0 Å². The molecule has 0 amide bonds. The Kier molecular flexibility index (Phi) is 4.29. The first-order valence-electron chi connectivity index (χ1n) is 8.06. The third-order valence-corrected chi connectivity index (χ3v) is 4.56. The monoisotopic (exact) mass is 382 g/mol. The number of hydrogen-bond acceptors (Lipinski definition) is 5. The van der Waals surface area contributed by atoms with Crippen molar-refractivity contribution in [3.05, 3.63) is 63.7 Å². The Bertz CT molecular complexity index is 1240. The van der Waals surface area contributed by atoms with E-state index in [0.717, 1.165) is 15.6 Å². The van der Waals surface area contributed by atoms with E-state index in [0.29, 0.717) is 33.1 Å². The summed E-state index contributed by atoms with van der Waals surface area (Å²) in [6.07, 6.45) is 2.90. The summed E-state index contributed by atoms with van der Waals surface area (Å²) in [6, 6.07) is 10.8. The molecule has 0 aliphatic rings. The second-order valence-electron chi connectivity index (χ2n) is 5.76. The van der Waals surface area contributed by atoms with Gasteiger partial charge in [0.2, 0.25) is 0 Å². The average molecular weight is 383 g/mol. The predicted octanol–water partition coefficient (Wildman–Crippen LogP) is 3.43. The van der Waals surface area contributed by atoms with Gasteiger partial charge in [-0.15, -0.1) is 0 Å². The molecule has 4 aromatic rings. The number of benzene rings is 2. The number of ether oxygens (including phenoxy) is 2. The number of aromatic nitrogens is 3. The molecule has 2 aromatic carbocycles. The van der Waals surface area contributed by atoms with E-state index < -0.39 is 0 Å². The average Bonchev–Trinajstić information content (AvgIpc) is 3.06. The largest absolute Gasteiger partial charge is 0.493 e. The maximum absolute atomic E-state index is 12.8. The van der Waals surface area contributed by atoms with Crippen molar-refractivity contribution in [3.8, 4) is 11.5 Å². The van der Waals surface area contributed by atoms with Crippen LogP contribution < -0.4 is 15.0 Å². The van der Waals surface area contributed by atoms with E-state index in [-0.39, 0.29) is 5.56 Å². The van der Waals surface area contributed by atoms with Crippen LogP contribution in [0, 0.1) is 0 Å². The first kappa shape index (κ1) is 17.1. The van der Waals surface area contributed by atoms with Gasteiger partial charge >= 0.3 is 0 Å². The standard InChI is InChI=1S/C19H15ClN4O3/c1-26-15-7-12-14(8-16(15)27-2)23-18-17(12)21-10-24(19(18)25)22-9-11-5-3-4-6-13(11)20/h3-10,23H,1-2H3/b22-9-. The molecule has 0 spiro atoms. The molecule has 0 atom stereocenters. The molecule has 0 unspecified atom stereocenters. The Balaban J connectivity index is 1.86. The molecule has 1 N–H and O–H groups in total. The highest BCUT2D eigenvalue weighted by atomic mass is 35.5. The van der Waals surface area contributed by atoms with E-state index in [4.69, 9.17) is 21.1 Å². The highest BCUT2D eigenvalue weighted by Gasteiger charge is 2.14. The van der Waals surface area contributed by atoms with Crippen molar-refractivity contribution in [2.45, 2.75) is 0 Å². The Morgan fingerprint density at radius 2 is 1.93 bits per heavy atom. The second kappa shape index (κ2) is 6.77. The van der Waals surface area contributed by atoms with Crippen LogP contribution in [0.5, 0.6) is 11.5 Å². The Morgan fingerprint density at radius 3 is 2.67 bits per heavy atom. The molecule has 7 nitrogen and oxygen atoms in total. The lowest BCUT2D eigenvalue weighted by molar-refractivity contribution is 0.356. The van der Waals surface area contributed by atoms with Gasteiger partial charge in [0, 0.05) is 22.0 Å². The summed E-state index contributed by atoms with van der Waals surface area (Å²) in [5, 5.41) is 5.50. The number of rotatable bonds is 4. The first-order valence-corrected chi connectivity index (χ1v) is 8.44. The zero-order valence-corrected chi connectivity index (χ0v) is 15.3. The number of methoxy groups -OCH3 is 2. The van der Waals surface area contributed by atoms with Crippen LogP contribution in [0.4, 0.5) is 0 Å². The summed E-state index contributed by atoms with van der Waals surface area (Å²) in [4.78, 5) is 20.3. The van der Waals surface area contributed by atoms with E-state index >= 15 is 0 Å². The minimum absolute atomic E-state index is 0.322. The summed E-state index contributed by atoms with van der Waals surface area (Å²) in [5.74, 6) is 1.13. The lowest BCUT2D eigenvalue weighted by atomic mass is 10.2. The molecular weight excluding hydrogens is 368 g/mol. The van der Waals surface area contributed by atoms with Crippen LogP contribution in [0.1, 0.15) is 5.56 Å². The van der Waals surface area contributed by atoms with Crippen LogP contribution in [0.2, 0.25) is 5.02 Å². The van der Waals surface area contributed by atoms with Crippen LogP contribution in [0.3, 0.4) is 0 Å². The molecule has 136 valence electrons. The van der Waals surface area contributed by atoms with E-state index in [2.05, 4.69) is 15.1 Å². The topological polar surface area (TPSA) is 81.5 Å². The molecule has 2 heterocycles. The normalized spacial score (nSPS) is 11.5. The SMILES string of the molecule is COc1cc2[nH]c3c(=O)n(/N=C\c4ccccc4Cl)cnc3c2cc1OC. The minimum atomic E-state index is -0.322. The van der Waals surface area contributed by atoms with Crippen molar-refractivity contribution in [2.24, 2.45) is 5.10 Å². The molecule has 0 aliphatic heterocycles. The number of fused-ring (bicyclic) bond motifs is 3. The van der Waals surface area contributed by atoms with Crippen LogP contribution in [0.15, 0.2) is 52.6 Å². The molecule has 0 saturated carbocycles. The fraction of sp³-hybridized carbons (Fsp3) is 0.105. The summed E-state index contributed by atoms with van der Waals surface area (Å²) in [7, 11) is 3.11. The van der Waals surface area contributed by atoms with Gasteiger partial charge in [-0.25, -0.2) is 4.98 Å². The maximum Gasteiger partial charge on any atom is 0.298 e. The molecule has 0 saturated heterocycles. The molecule has 2 aromatic heterocycles. The minimum Gasteiger partial charge on any atom is -0.493 e. The summed E-state index contributed by atoms with van der Waals surface area (Å²) in [6.45, 7) is 0. The van der Waals surface area contributed by atoms with Gasteiger partial charge in [-0.05, 0) is 12.1 Å². The number of nitrogens with one attached hydrogen (secondary N) is 1. The molecule has 0 fully saturated rings. The van der Waals surface area contributed by atoms with Gasteiger partial charge in [-0.2, -0.15) is 9.78 Å². The van der Waals surface area contributed by atoms with Crippen LogP contribution in [-0.4, -0.2) is 35.1 Å². The van der Waals surface area contributed by atoms with Gasteiger partial charge in [-0.1, -0.05) is 29.8 Å². The van der Waals surface area contributed by atoms with Gasteiger partial charge < -0.3 is 14.5 Å². The number of H-pyrrole nitrogens is 1. The van der Waals surface area contributed by atoms with Crippen molar-refractivity contribution in [1.82, 2.24) is 14.6 Å². The van der Waals surface area contributed by atoms with Gasteiger partial charge in [0.1, 0.15) is 17.4 Å². The van der Waals surface area contributed by atoms with Gasteiger partial charge in [-0.3, -0.25) is 4.79 Å².